The number of carboxylic acids is 3. The fourth-order valence-corrected chi connectivity index (χ4v) is 4.75. The van der Waals surface area contributed by atoms with Crippen molar-refractivity contribution < 1.29 is 48.4 Å². The number of benzene rings is 2. The van der Waals surface area contributed by atoms with Gasteiger partial charge in [-0.25, -0.2) is 9.59 Å². The minimum atomic E-state index is -1.69. The molecular weight excluding hydrogens is 458 g/mol. The smallest absolute Gasteiger partial charge is 0.390 e. The van der Waals surface area contributed by atoms with Crippen molar-refractivity contribution in [2.45, 2.75) is 12.2 Å². The number of para-hydroxylation sites is 2. The monoisotopic (exact) mass is 484 g/mol. The molecule has 0 spiro atoms. The number of nitrogens with zero attached hydrogens (tertiary/aromatic N) is 1. The van der Waals surface area contributed by atoms with Gasteiger partial charge in [-0.2, -0.15) is 0 Å². The molecule has 10 nitrogen and oxygen atoms in total. The number of ether oxygens (including phenoxy) is 3. The first-order valence-electron chi connectivity index (χ1n) is 11.2. The zero-order chi connectivity index (χ0) is 25.1. The Morgan fingerprint density at radius 3 is 2.00 bits per heavy atom. The van der Waals surface area contributed by atoms with E-state index in [2.05, 4.69) is 0 Å². The summed E-state index contributed by atoms with van der Waals surface area (Å²) >= 11 is 0. The Hall–Kier alpha value is -3.89. The van der Waals surface area contributed by atoms with E-state index in [1.807, 2.05) is 0 Å². The maximum absolute atomic E-state index is 12.7. The molecule has 184 valence electrons. The van der Waals surface area contributed by atoms with Crippen molar-refractivity contribution in [1.82, 2.24) is 0 Å². The SMILES string of the molecule is O=C(O)/C=C(/C(=O)O)[N+]1(CCC(C(=O)O)C2(c3ccccc3)Oc3ccccc3O2)CCOCC1. The molecule has 2 aliphatic rings. The number of morpholine rings is 1. The van der Waals surface area contributed by atoms with Crippen LogP contribution in [0.25, 0.3) is 0 Å². The molecular formula is C25H26NO9+. The number of carbonyl (C=O) groups is 3. The van der Waals surface area contributed by atoms with E-state index in [1.54, 1.807) is 54.6 Å². The second-order valence-electron chi connectivity index (χ2n) is 8.47. The Kier molecular flexibility index (Phi) is 6.77. The third-order valence-corrected chi connectivity index (χ3v) is 6.47. The lowest BCUT2D eigenvalue weighted by Gasteiger charge is -2.42. The van der Waals surface area contributed by atoms with Gasteiger partial charge in [0, 0.05) is 12.0 Å². The van der Waals surface area contributed by atoms with E-state index in [9.17, 15) is 29.7 Å². The van der Waals surface area contributed by atoms with Crippen LogP contribution in [0.15, 0.2) is 66.4 Å². The second kappa shape index (κ2) is 9.77. The van der Waals surface area contributed by atoms with Gasteiger partial charge in [-0.3, -0.25) is 9.28 Å². The molecule has 2 heterocycles. The minimum absolute atomic E-state index is 0.0311. The van der Waals surface area contributed by atoms with Gasteiger partial charge in [-0.1, -0.05) is 42.5 Å². The quantitative estimate of drug-likeness (QED) is 0.361. The topological polar surface area (TPSA) is 140 Å². The first kappa shape index (κ1) is 24.2. The fourth-order valence-electron chi connectivity index (χ4n) is 4.75. The highest BCUT2D eigenvalue weighted by Crippen LogP contribution is 2.49. The highest BCUT2D eigenvalue weighted by molar-refractivity contribution is 5.92. The molecule has 2 aromatic carbocycles. The second-order valence-corrected chi connectivity index (χ2v) is 8.47. The highest BCUT2D eigenvalue weighted by Gasteiger charge is 2.55. The summed E-state index contributed by atoms with van der Waals surface area (Å²) in [5.74, 6) is -6.08. The summed E-state index contributed by atoms with van der Waals surface area (Å²) in [5, 5.41) is 29.4. The molecule has 0 bridgehead atoms. The van der Waals surface area contributed by atoms with Gasteiger partial charge < -0.3 is 29.5 Å². The average molecular weight is 484 g/mol. The Bertz CT molecular complexity index is 1110. The number of fused-ring (bicyclic) bond motifs is 1. The molecule has 3 N–H and O–H groups in total. The summed E-state index contributed by atoms with van der Waals surface area (Å²) in [5.41, 5.74) is 0.173. The number of quaternary nitrogens is 1. The molecule has 4 rings (SSSR count). The van der Waals surface area contributed by atoms with Crippen LogP contribution in [-0.2, 0) is 24.9 Å². The molecule has 0 amide bonds. The first-order valence-corrected chi connectivity index (χ1v) is 11.2. The zero-order valence-corrected chi connectivity index (χ0v) is 18.8. The van der Waals surface area contributed by atoms with Crippen LogP contribution >= 0.6 is 0 Å². The van der Waals surface area contributed by atoms with Crippen LogP contribution in [0, 0.1) is 5.92 Å². The van der Waals surface area contributed by atoms with Gasteiger partial charge in [-0.15, -0.1) is 0 Å². The lowest BCUT2D eigenvalue weighted by Crippen LogP contribution is -2.58. The van der Waals surface area contributed by atoms with Crippen LogP contribution in [0.4, 0.5) is 0 Å². The largest absolute Gasteiger partial charge is 0.481 e. The first-order chi connectivity index (χ1) is 16.8. The molecule has 0 aliphatic carbocycles. The van der Waals surface area contributed by atoms with Crippen LogP contribution in [0.1, 0.15) is 12.0 Å². The summed E-state index contributed by atoms with van der Waals surface area (Å²) in [6.45, 7) is 0.841. The van der Waals surface area contributed by atoms with Gasteiger partial charge in [0.2, 0.25) is 5.70 Å². The summed E-state index contributed by atoms with van der Waals surface area (Å²) in [7, 11) is 0. The predicted molar refractivity (Wildman–Crippen MR) is 121 cm³/mol. The van der Waals surface area contributed by atoms with E-state index in [1.165, 1.54) is 0 Å². The fraction of sp³-hybridized carbons (Fsp3) is 0.320. The van der Waals surface area contributed by atoms with Crippen molar-refractivity contribution in [1.29, 1.82) is 0 Å². The maximum atomic E-state index is 12.7. The van der Waals surface area contributed by atoms with Crippen LogP contribution < -0.4 is 9.47 Å². The molecule has 10 heteroatoms. The van der Waals surface area contributed by atoms with Crippen LogP contribution in [-0.4, -0.2) is 70.6 Å². The van der Waals surface area contributed by atoms with Crippen LogP contribution in [0.2, 0.25) is 0 Å². The third-order valence-electron chi connectivity index (χ3n) is 6.47. The van der Waals surface area contributed by atoms with E-state index < -0.39 is 29.6 Å². The Labute approximate surface area is 201 Å². The van der Waals surface area contributed by atoms with Crippen molar-refractivity contribution in [3.05, 3.63) is 71.9 Å². The summed E-state index contributed by atoms with van der Waals surface area (Å²) in [6.07, 6.45) is 0.622. The molecule has 1 saturated heterocycles. The van der Waals surface area contributed by atoms with Crippen molar-refractivity contribution >= 4 is 17.9 Å². The maximum Gasteiger partial charge on any atom is 0.390 e. The summed E-state index contributed by atoms with van der Waals surface area (Å²) in [6, 6.07) is 15.6. The van der Waals surface area contributed by atoms with Gasteiger partial charge in [0.25, 0.3) is 5.79 Å². The van der Waals surface area contributed by atoms with Crippen LogP contribution in [0.5, 0.6) is 11.5 Å². The van der Waals surface area contributed by atoms with Gasteiger partial charge in [0.1, 0.15) is 19.0 Å². The molecule has 0 radical (unpaired) electrons. The molecule has 0 saturated carbocycles. The van der Waals surface area contributed by atoms with E-state index >= 15 is 0 Å². The average Bonchev–Trinajstić information content (AvgIpc) is 3.24. The van der Waals surface area contributed by atoms with E-state index in [0.29, 0.717) is 23.1 Å². The lowest BCUT2D eigenvalue weighted by molar-refractivity contribution is -0.896. The zero-order valence-electron chi connectivity index (χ0n) is 18.8. The number of hydrogen-bond acceptors (Lipinski definition) is 6. The lowest BCUT2D eigenvalue weighted by atomic mass is 9.88. The molecule has 0 aromatic heterocycles. The molecule has 2 aromatic rings. The highest BCUT2D eigenvalue weighted by atomic mass is 16.7. The Balaban J connectivity index is 1.73. The summed E-state index contributed by atoms with van der Waals surface area (Å²) in [4.78, 5) is 36.1. The Morgan fingerprint density at radius 2 is 1.49 bits per heavy atom. The number of rotatable bonds is 9. The van der Waals surface area contributed by atoms with Crippen molar-refractivity contribution in [3.63, 3.8) is 0 Å². The van der Waals surface area contributed by atoms with Crippen molar-refractivity contribution in [2.24, 2.45) is 5.92 Å². The number of aliphatic carboxylic acids is 3. The molecule has 1 fully saturated rings. The van der Waals surface area contributed by atoms with E-state index in [-0.39, 0.29) is 49.4 Å². The molecule has 1 unspecified atom stereocenters. The van der Waals surface area contributed by atoms with Crippen molar-refractivity contribution in [3.8, 4) is 11.5 Å². The molecule has 35 heavy (non-hydrogen) atoms. The van der Waals surface area contributed by atoms with Crippen LogP contribution in [0.3, 0.4) is 0 Å². The van der Waals surface area contributed by atoms with E-state index in [0.717, 1.165) is 0 Å². The summed E-state index contributed by atoms with van der Waals surface area (Å²) < 4.78 is 17.5. The van der Waals surface area contributed by atoms with Gasteiger partial charge >= 0.3 is 17.9 Å². The van der Waals surface area contributed by atoms with Gasteiger partial charge in [0.05, 0.1) is 25.8 Å². The standard InChI is InChI=1S/C25H25NO9/c27-22(28)16-19(24(31)32)26(12-14-33-15-13-26)11-10-18(23(29)30)25(17-6-2-1-3-7-17)34-20-8-4-5-9-21(20)35-25/h1-9,16,18H,10-15H2,(H2-,27,28,29,30,31,32)/p+1/b19-16-. The molecule has 2 aliphatic heterocycles. The normalized spacial score (nSPS) is 19.0. The third kappa shape index (κ3) is 4.71. The van der Waals surface area contributed by atoms with Gasteiger partial charge in [-0.05, 0) is 12.1 Å². The number of carboxylic acid groups (broad SMARTS) is 3. The number of hydrogen-bond donors (Lipinski definition) is 3. The predicted octanol–water partition coefficient (Wildman–Crippen LogP) is 2.30. The Morgan fingerprint density at radius 1 is 0.914 bits per heavy atom. The van der Waals surface area contributed by atoms with Crippen molar-refractivity contribution in [2.75, 3.05) is 32.8 Å². The minimum Gasteiger partial charge on any atom is -0.481 e. The van der Waals surface area contributed by atoms with E-state index in [4.69, 9.17) is 14.2 Å². The molecule has 1 atom stereocenters. The van der Waals surface area contributed by atoms with Gasteiger partial charge in [0.15, 0.2) is 11.5 Å².